The first-order valence-electron chi connectivity index (χ1n) is 8.80. The van der Waals surface area contributed by atoms with Gasteiger partial charge in [-0.3, -0.25) is 4.79 Å². The highest BCUT2D eigenvalue weighted by Gasteiger charge is 2.16. The van der Waals surface area contributed by atoms with Gasteiger partial charge in [0.2, 0.25) is 5.91 Å². The molecule has 1 heterocycles. The van der Waals surface area contributed by atoms with Crippen LogP contribution in [0.3, 0.4) is 0 Å². The van der Waals surface area contributed by atoms with E-state index in [0.717, 1.165) is 22.9 Å². The number of thiazole rings is 1. The summed E-state index contributed by atoms with van der Waals surface area (Å²) in [6, 6.07) is 7.11. The Morgan fingerprint density at radius 3 is 2.76 bits per heavy atom. The van der Waals surface area contributed by atoms with Crippen molar-refractivity contribution in [1.29, 1.82) is 0 Å². The Labute approximate surface area is 156 Å². The third-order valence-electron chi connectivity index (χ3n) is 4.40. The zero-order chi connectivity index (χ0) is 17.5. The maximum Gasteiger partial charge on any atom is 0.226 e. The number of aromatic nitrogens is 1. The fourth-order valence-electron chi connectivity index (χ4n) is 3.06. The summed E-state index contributed by atoms with van der Waals surface area (Å²) < 4.78 is 14.5. The van der Waals surface area contributed by atoms with E-state index in [1.165, 1.54) is 54.8 Å². The lowest BCUT2D eigenvalue weighted by atomic mass is 10.1. The fourth-order valence-corrected chi connectivity index (χ4v) is 4.89. The molecule has 1 N–H and O–H groups in total. The van der Waals surface area contributed by atoms with Gasteiger partial charge in [0, 0.05) is 17.2 Å². The summed E-state index contributed by atoms with van der Waals surface area (Å²) in [7, 11) is 0. The van der Waals surface area contributed by atoms with Gasteiger partial charge in [-0.25, -0.2) is 9.37 Å². The highest BCUT2D eigenvalue weighted by Crippen LogP contribution is 2.27. The molecule has 1 amide bonds. The second-order valence-corrected chi connectivity index (χ2v) is 8.50. The van der Waals surface area contributed by atoms with Gasteiger partial charge >= 0.3 is 0 Å². The van der Waals surface area contributed by atoms with Crippen molar-refractivity contribution in [3.05, 3.63) is 46.7 Å². The smallest absolute Gasteiger partial charge is 0.226 e. The molecule has 25 heavy (non-hydrogen) atoms. The van der Waals surface area contributed by atoms with Crippen LogP contribution in [0.4, 0.5) is 4.39 Å². The zero-order valence-electron chi connectivity index (χ0n) is 14.2. The summed E-state index contributed by atoms with van der Waals surface area (Å²) in [6.45, 7) is 0. The molecule has 1 aliphatic rings. The topological polar surface area (TPSA) is 42.0 Å². The predicted molar refractivity (Wildman–Crippen MR) is 101 cm³/mol. The van der Waals surface area contributed by atoms with Crippen LogP contribution >= 0.6 is 23.1 Å². The highest BCUT2D eigenvalue weighted by molar-refractivity contribution is 8.00. The molecule has 3 rings (SSSR count). The third kappa shape index (κ3) is 5.82. The molecular formula is C19H23FN2OS2. The first-order valence-corrected chi connectivity index (χ1v) is 10.7. The summed E-state index contributed by atoms with van der Waals surface area (Å²) in [4.78, 5) is 16.7. The third-order valence-corrected chi connectivity index (χ3v) is 6.52. The van der Waals surface area contributed by atoms with E-state index in [4.69, 9.17) is 0 Å². The standard InChI is InChI=1S/C19H23FN2OS2/c20-17-10-6-5-7-14(17)12-24-19-22-16(13-25-19)11-18(23)21-15-8-3-1-2-4-9-15/h5-7,10,13,15H,1-4,8-9,11-12H2,(H,21,23). The van der Waals surface area contributed by atoms with Gasteiger partial charge in [-0.15, -0.1) is 11.3 Å². The summed E-state index contributed by atoms with van der Waals surface area (Å²) in [5.41, 5.74) is 1.47. The van der Waals surface area contributed by atoms with E-state index in [-0.39, 0.29) is 11.7 Å². The van der Waals surface area contributed by atoms with E-state index in [9.17, 15) is 9.18 Å². The van der Waals surface area contributed by atoms with E-state index in [0.29, 0.717) is 23.8 Å². The average molecular weight is 379 g/mol. The molecule has 3 nitrogen and oxygen atoms in total. The normalized spacial score (nSPS) is 15.7. The molecular weight excluding hydrogens is 355 g/mol. The SMILES string of the molecule is O=C(Cc1csc(SCc2ccccc2F)n1)NC1CCCCCC1. The summed E-state index contributed by atoms with van der Waals surface area (Å²) >= 11 is 3.03. The number of hydrogen-bond acceptors (Lipinski definition) is 4. The Kier molecular flexibility index (Phi) is 6.87. The minimum Gasteiger partial charge on any atom is -0.353 e. The second kappa shape index (κ2) is 9.34. The number of rotatable bonds is 6. The molecule has 0 bridgehead atoms. The van der Waals surface area contributed by atoms with Crippen molar-refractivity contribution in [2.75, 3.05) is 0 Å². The van der Waals surface area contributed by atoms with Gasteiger partial charge in [-0.05, 0) is 24.5 Å². The molecule has 134 valence electrons. The number of amides is 1. The van der Waals surface area contributed by atoms with Crippen LogP contribution in [0.25, 0.3) is 0 Å². The first-order chi connectivity index (χ1) is 12.2. The molecule has 0 radical (unpaired) electrons. The number of carbonyl (C=O) groups is 1. The number of hydrogen-bond donors (Lipinski definition) is 1. The van der Waals surface area contributed by atoms with E-state index >= 15 is 0 Å². The van der Waals surface area contributed by atoms with E-state index < -0.39 is 0 Å². The van der Waals surface area contributed by atoms with Crippen molar-refractivity contribution in [2.24, 2.45) is 0 Å². The van der Waals surface area contributed by atoms with Crippen LogP contribution < -0.4 is 5.32 Å². The van der Waals surface area contributed by atoms with Crippen molar-refractivity contribution in [1.82, 2.24) is 10.3 Å². The van der Waals surface area contributed by atoms with Gasteiger partial charge in [0.25, 0.3) is 0 Å². The summed E-state index contributed by atoms with van der Waals surface area (Å²) in [5, 5.41) is 5.08. The van der Waals surface area contributed by atoms with Crippen LogP contribution in [-0.4, -0.2) is 16.9 Å². The molecule has 0 aliphatic heterocycles. The molecule has 2 aromatic rings. The molecule has 6 heteroatoms. The molecule has 0 atom stereocenters. The molecule has 0 saturated heterocycles. The van der Waals surface area contributed by atoms with E-state index in [1.807, 2.05) is 11.4 Å². The van der Waals surface area contributed by atoms with Gasteiger partial charge in [0.1, 0.15) is 10.2 Å². The van der Waals surface area contributed by atoms with Crippen LogP contribution in [0.2, 0.25) is 0 Å². The molecule has 1 saturated carbocycles. The molecule has 1 aliphatic carbocycles. The number of nitrogens with one attached hydrogen (secondary N) is 1. The number of thioether (sulfide) groups is 1. The Balaban J connectivity index is 1.47. The lowest BCUT2D eigenvalue weighted by Gasteiger charge is -2.15. The molecule has 0 spiro atoms. The Bertz CT molecular complexity index is 696. The lowest BCUT2D eigenvalue weighted by molar-refractivity contribution is -0.121. The monoisotopic (exact) mass is 378 g/mol. The largest absolute Gasteiger partial charge is 0.353 e. The maximum atomic E-state index is 13.6. The first kappa shape index (κ1) is 18.4. The van der Waals surface area contributed by atoms with E-state index in [1.54, 1.807) is 12.1 Å². The lowest BCUT2D eigenvalue weighted by Crippen LogP contribution is -2.35. The Morgan fingerprint density at radius 2 is 2.00 bits per heavy atom. The van der Waals surface area contributed by atoms with Gasteiger partial charge < -0.3 is 5.32 Å². The number of benzene rings is 1. The summed E-state index contributed by atoms with van der Waals surface area (Å²) in [5.74, 6) is 0.422. The van der Waals surface area contributed by atoms with Crippen LogP contribution in [0, 0.1) is 5.82 Å². The average Bonchev–Trinajstić information content (AvgIpc) is 2.88. The van der Waals surface area contributed by atoms with Crippen molar-refractivity contribution in [3.63, 3.8) is 0 Å². The van der Waals surface area contributed by atoms with Crippen molar-refractivity contribution in [3.8, 4) is 0 Å². The van der Waals surface area contributed by atoms with Crippen molar-refractivity contribution < 1.29 is 9.18 Å². The predicted octanol–water partition coefficient (Wildman–Crippen LogP) is 4.96. The molecule has 0 unspecified atom stereocenters. The van der Waals surface area contributed by atoms with Crippen LogP contribution in [0.15, 0.2) is 34.0 Å². The fraction of sp³-hybridized carbons (Fsp3) is 0.474. The van der Waals surface area contributed by atoms with Crippen molar-refractivity contribution in [2.45, 2.75) is 61.1 Å². The highest BCUT2D eigenvalue weighted by atomic mass is 32.2. The minimum atomic E-state index is -0.186. The maximum absolute atomic E-state index is 13.6. The number of nitrogens with zero attached hydrogens (tertiary/aromatic N) is 1. The van der Waals surface area contributed by atoms with Gasteiger partial charge in [0.15, 0.2) is 0 Å². The van der Waals surface area contributed by atoms with E-state index in [2.05, 4.69) is 10.3 Å². The zero-order valence-corrected chi connectivity index (χ0v) is 15.8. The minimum absolute atomic E-state index is 0.0582. The van der Waals surface area contributed by atoms with Gasteiger partial charge in [-0.1, -0.05) is 55.6 Å². The number of halogens is 1. The quantitative estimate of drug-likeness (QED) is 0.571. The number of carbonyl (C=O) groups excluding carboxylic acids is 1. The van der Waals surface area contributed by atoms with Crippen LogP contribution in [0.5, 0.6) is 0 Å². The van der Waals surface area contributed by atoms with Crippen LogP contribution in [-0.2, 0) is 17.0 Å². The Hall–Kier alpha value is -1.40. The molecule has 1 aromatic carbocycles. The Morgan fingerprint density at radius 1 is 1.24 bits per heavy atom. The van der Waals surface area contributed by atoms with Crippen LogP contribution in [0.1, 0.15) is 49.8 Å². The second-order valence-electron chi connectivity index (χ2n) is 6.42. The molecule has 1 fully saturated rings. The molecule has 1 aromatic heterocycles. The van der Waals surface area contributed by atoms with Crippen molar-refractivity contribution >= 4 is 29.0 Å². The summed E-state index contributed by atoms with van der Waals surface area (Å²) in [6.07, 6.45) is 7.48. The van der Waals surface area contributed by atoms with Gasteiger partial charge in [-0.2, -0.15) is 0 Å². The van der Waals surface area contributed by atoms with Gasteiger partial charge in [0.05, 0.1) is 12.1 Å².